The van der Waals surface area contributed by atoms with E-state index in [0.29, 0.717) is 5.92 Å². The molecule has 0 bridgehead atoms. The number of nitrogens with zero attached hydrogens (tertiary/aromatic N) is 2. The minimum absolute atomic E-state index is 0.628. The van der Waals surface area contributed by atoms with Gasteiger partial charge in [-0.15, -0.1) is 0 Å². The molecule has 1 aromatic carbocycles. The SMILES string of the molecule is CNCc1cnc(C)n1CC1CCCc2ccccc21. The quantitative estimate of drug-likeness (QED) is 0.924. The van der Waals surface area contributed by atoms with Gasteiger partial charge >= 0.3 is 0 Å². The van der Waals surface area contributed by atoms with E-state index in [1.54, 1.807) is 5.56 Å². The summed E-state index contributed by atoms with van der Waals surface area (Å²) in [5, 5.41) is 3.23. The Hall–Kier alpha value is -1.61. The average molecular weight is 269 g/mol. The second-order valence-electron chi connectivity index (χ2n) is 5.73. The van der Waals surface area contributed by atoms with Crippen molar-refractivity contribution >= 4 is 0 Å². The number of aromatic nitrogens is 2. The van der Waals surface area contributed by atoms with Gasteiger partial charge in [-0.3, -0.25) is 0 Å². The Labute approximate surface area is 121 Å². The van der Waals surface area contributed by atoms with Crippen LogP contribution in [0.3, 0.4) is 0 Å². The zero-order valence-corrected chi connectivity index (χ0v) is 12.4. The molecular formula is C17H23N3. The van der Waals surface area contributed by atoms with Crippen molar-refractivity contribution in [2.24, 2.45) is 0 Å². The van der Waals surface area contributed by atoms with Crippen LogP contribution in [0.4, 0.5) is 0 Å². The lowest BCUT2D eigenvalue weighted by molar-refractivity contribution is 0.467. The molecule has 0 spiro atoms. The molecule has 1 aliphatic rings. The number of nitrogens with one attached hydrogen (secondary N) is 1. The Bertz CT molecular complexity index is 586. The molecule has 0 aliphatic heterocycles. The monoisotopic (exact) mass is 269 g/mol. The van der Waals surface area contributed by atoms with Gasteiger partial charge in [-0.2, -0.15) is 0 Å². The highest BCUT2D eigenvalue weighted by molar-refractivity contribution is 5.32. The number of rotatable bonds is 4. The molecule has 1 atom stereocenters. The molecule has 0 saturated carbocycles. The van der Waals surface area contributed by atoms with Crippen molar-refractivity contribution in [2.45, 2.75) is 45.2 Å². The number of hydrogen-bond donors (Lipinski definition) is 1. The molecule has 3 nitrogen and oxygen atoms in total. The van der Waals surface area contributed by atoms with Crippen LogP contribution in [0.5, 0.6) is 0 Å². The summed E-state index contributed by atoms with van der Waals surface area (Å²) in [4.78, 5) is 4.48. The first kappa shape index (κ1) is 13.4. The maximum atomic E-state index is 4.48. The third-order valence-corrected chi connectivity index (χ3v) is 4.39. The molecule has 0 fully saturated rings. The van der Waals surface area contributed by atoms with Gasteiger partial charge in [0.25, 0.3) is 0 Å². The molecule has 106 valence electrons. The van der Waals surface area contributed by atoms with Gasteiger partial charge in [0.1, 0.15) is 5.82 Å². The Morgan fingerprint density at radius 3 is 3.05 bits per heavy atom. The van der Waals surface area contributed by atoms with Crippen LogP contribution in [0.1, 0.15) is 41.4 Å². The number of imidazole rings is 1. The second kappa shape index (κ2) is 5.80. The number of benzene rings is 1. The summed E-state index contributed by atoms with van der Waals surface area (Å²) in [6, 6.07) is 8.93. The molecule has 0 radical (unpaired) electrons. The van der Waals surface area contributed by atoms with Crippen LogP contribution in [-0.4, -0.2) is 16.6 Å². The molecule has 20 heavy (non-hydrogen) atoms. The summed E-state index contributed by atoms with van der Waals surface area (Å²) in [5.74, 6) is 1.75. The Morgan fingerprint density at radius 1 is 1.35 bits per heavy atom. The van der Waals surface area contributed by atoms with Gasteiger partial charge < -0.3 is 9.88 Å². The third-order valence-electron chi connectivity index (χ3n) is 4.39. The summed E-state index contributed by atoms with van der Waals surface area (Å²) in [6.45, 7) is 4.04. The molecule has 1 aliphatic carbocycles. The van der Waals surface area contributed by atoms with Crippen molar-refractivity contribution in [1.82, 2.24) is 14.9 Å². The lowest BCUT2D eigenvalue weighted by atomic mass is 9.83. The predicted molar refractivity (Wildman–Crippen MR) is 81.8 cm³/mol. The molecule has 1 unspecified atom stereocenters. The van der Waals surface area contributed by atoms with E-state index in [0.717, 1.165) is 18.9 Å². The van der Waals surface area contributed by atoms with Gasteiger partial charge in [0, 0.05) is 25.2 Å². The van der Waals surface area contributed by atoms with E-state index >= 15 is 0 Å². The van der Waals surface area contributed by atoms with Crippen LogP contribution in [-0.2, 0) is 19.5 Å². The first-order chi connectivity index (χ1) is 9.79. The van der Waals surface area contributed by atoms with Crippen LogP contribution in [0.25, 0.3) is 0 Å². The van der Waals surface area contributed by atoms with Crippen LogP contribution in [0.15, 0.2) is 30.5 Å². The fourth-order valence-electron chi connectivity index (χ4n) is 3.35. The van der Waals surface area contributed by atoms with Gasteiger partial charge in [-0.1, -0.05) is 24.3 Å². The summed E-state index contributed by atoms with van der Waals surface area (Å²) < 4.78 is 2.38. The van der Waals surface area contributed by atoms with E-state index in [4.69, 9.17) is 0 Å². The fourth-order valence-corrected chi connectivity index (χ4v) is 3.35. The van der Waals surface area contributed by atoms with E-state index in [-0.39, 0.29) is 0 Å². The zero-order valence-electron chi connectivity index (χ0n) is 12.4. The largest absolute Gasteiger partial charge is 0.330 e. The molecule has 3 rings (SSSR count). The Kier molecular flexibility index (Phi) is 3.88. The first-order valence-corrected chi connectivity index (χ1v) is 7.53. The molecule has 1 N–H and O–H groups in total. The van der Waals surface area contributed by atoms with E-state index in [2.05, 4.69) is 46.1 Å². The molecule has 3 heteroatoms. The number of hydrogen-bond acceptors (Lipinski definition) is 2. The Balaban J connectivity index is 1.87. The maximum absolute atomic E-state index is 4.48. The van der Waals surface area contributed by atoms with E-state index < -0.39 is 0 Å². The second-order valence-corrected chi connectivity index (χ2v) is 5.73. The van der Waals surface area contributed by atoms with Gasteiger partial charge in [-0.05, 0) is 44.4 Å². The lowest BCUT2D eigenvalue weighted by Crippen LogP contribution is -2.19. The molecule has 1 heterocycles. The van der Waals surface area contributed by atoms with Gasteiger partial charge in [-0.25, -0.2) is 4.98 Å². The predicted octanol–water partition coefficient (Wildman–Crippen LogP) is 3.03. The van der Waals surface area contributed by atoms with Crippen molar-refractivity contribution in [1.29, 1.82) is 0 Å². The number of aryl methyl sites for hydroxylation is 2. The molecular weight excluding hydrogens is 246 g/mol. The maximum Gasteiger partial charge on any atom is 0.105 e. The van der Waals surface area contributed by atoms with Crippen LogP contribution in [0.2, 0.25) is 0 Å². The lowest BCUT2D eigenvalue weighted by Gasteiger charge is -2.27. The molecule has 1 aromatic heterocycles. The third kappa shape index (κ3) is 2.50. The van der Waals surface area contributed by atoms with E-state index in [1.165, 1.54) is 30.5 Å². The highest BCUT2D eigenvalue weighted by Crippen LogP contribution is 2.33. The smallest absolute Gasteiger partial charge is 0.105 e. The zero-order chi connectivity index (χ0) is 13.9. The van der Waals surface area contributed by atoms with Gasteiger partial charge in [0.2, 0.25) is 0 Å². The van der Waals surface area contributed by atoms with Gasteiger partial charge in [0.05, 0.1) is 5.69 Å². The van der Waals surface area contributed by atoms with Crippen molar-refractivity contribution in [2.75, 3.05) is 7.05 Å². The molecule has 0 saturated heterocycles. The van der Waals surface area contributed by atoms with Crippen LogP contribution in [0, 0.1) is 6.92 Å². The molecule has 0 amide bonds. The van der Waals surface area contributed by atoms with Crippen molar-refractivity contribution in [3.63, 3.8) is 0 Å². The standard InChI is InChI=1S/C17H23N3/c1-13-19-11-16(10-18-2)20(13)12-15-8-5-7-14-6-3-4-9-17(14)15/h3-4,6,9,11,15,18H,5,7-8,10,12H2,1-2H3. The fraction of sp³-hybridized carbons (Fsp3) is 0.471. The van der Waals surface area contributed by atoms with E-state index in [1.807, 2.05) is 13.2 Å². The summed E-state index contributed by atoms with van der Waals surface area (Å²) in [6.07, 6.45) is 5.82. The Morgan fingerprint density at radius 2 is 2.20 bits per heavy atom. The topological polar surface area (TPSA) is 29.9 Å². The van der Waals surface area contributed by atoms with E-state index in [9.17, 15) is 0 Å². The minimum atomic E-state index is 0.628. The van der Waals surface area contributed by atoms with Gasteiger partial charge in [0.15, 0.2) is 0 Å². The normalized spacial score (nSPS) is 18.0. The highest BCUT2D eigenvalue weighted by atomic mass is 15.1. The minimum Gasteiger partial charge on any atom is -0.330 e. The molecule has 2 aromatic rings. The summed E-state index contributed by atoms with van der Waals surface area (Å²) in [7, 11) is 1.99. The average Bonchev–Trinajstić information content (AvgIpc) is 2.81. The van der Waals surface area contributed by atoms with Crippen LogP contribution >= 0.6 is 0 Å². The summed E-state index contributed by atoms with van der Waals surface area (Å²) in [5.41, 5.74) is 4.37. The summed E-state index contributed by atoms with van der Waals surface area (Å²) >= 11 is 0. The first-order valence-electron chi connectivity index (χ1n) is 7.53. The highest BCUT2D eigenvalue weighted by Gasteiger charge is 2.21. The van der Waals surface area contributed by atoms with Crippen molar-refractivity contribution in [3.8, 4) is 0 Å². The van der Waals surface area contributed by atoms with Crippen LogP contribution < -0.4 is 5.32 Å². The van der Waals surface area contributed by atoms with Crippen molar-refractivity contribution < 1.29 is 0 Å². The van der Waals surface area contributed by atoms with Crippen molar-refractivity contribution in [3.05, 3.63) is 53.1 Å². The number of fused-ring (bicyclic) bond motifs is 1.